The number of aliphatic imine (C=N–C) groups is 1. The summed E-state index contributed by atoms with van der Waals surface area (Å²) in [5.74, 6) is -0.914. The summed E-state index contributed by atoms with van der Waals surface area (Å²) in [7, 11) is -4.02. The quantitative estimate of drug-likeness (QED) is 0.809. The molecule has 0 atom stereocenters. The van der Waals surface area contributed by atoms with Gasteiger partial charge in [-0.25, -0.2) is 4.79 Å². The van der Waals surface area contributed by atoms with Gasteiger partial charge in [-0.3, -0.25) is 9.55 Å². The number of aliphatic carboxylic acids is 1. The Morgan fingerprint density at radius 1 is 1.24 bits per heavy atom. The van der Waals surface area contributed by atoms with Gasteiger partial charge in [0, 0.05) is 6.20 Å². The Morgan fingerprint density at radius 3 is 2.38 bits per heavy atom. The second-order valence-electron chi connectivity index (χ2n) is 3.84. The standard InChI is InChI=1S/C7H8O3S.C6H5NO2S/c1-6-2-4-7(5-3-6)11(8,9)10;8-6(9)5-2-1-3-7-4-10-5/h2-5H,1H3,(H,8,9,10);1-4H,(H,8,9). The van der Waals surface area contributed by atoms with Crippen molar-refractivity contribution in [3.8, 4) is 0 Å². The van der Waals surface area contributed by atoms with E-state index in [1.807, 2.05) is 6.92 Å². The predicted octanol–water partition coefficient (Wildman–Crippen LogP) is 2.49. The van der Waals surface area contributed by atoms with Crippen molar-refractivity contribution in [2.75, 3.05) is 0 Å². The molecule has 0 saturated carbocycles. The first-order chi connectivity index (χ1) is 9.80. The molecule has 1 heterocycles. The van der Waals surface area contributed by atoms with Crippen LogP contribution in [0.2, 0.25) is 0 Å². The third-order valence-corrected chi connectivity index (χ3v) is 3.85. The highest BCUT2D eigenvalue weighted by Gasteiger charge is 2.07. The highest BCUT2D eigenvalue weighted by Crippen LogP contribution is 2.14. The Kier molecular flexibility index (Phi) is 6.35. The number of hydrogen-bond donors (Lipinski definition) is 2. The van der Waals surface area contributed by atoms with Gasteiger partial charge in [0.25, 0.3) is 10.1 Å². The van der Waals surface area contributed by atoms with Crippen molar-refractivity contribution in [1.82, 2.24) is 0 Å². The van der Waals surface area contributed by atoms with Crippen molar-refractivity contribution in [2.45, 2.75) is 11.8 Å². The number of allylic oxidation sites excluding steroid dienone is 2. The maximum absolute atomic E-state index is 10.5. The molecule has 8 heteroatoms. The lowest BCUT2D eigenvalue weighted by Crippen LogP contribution is -1.96. The van der Waals surface area contributed by atoms with E-state index in [1.165, 1.54) is 23.8 Å². The summed E-state index contributed by atoms with van der Waals surface area (Å²) in [6.45, 7) is 1.84. The lowest BCUT2D eigenvalue weighted by Gasteiger charge is -1.95. The summed E-state index contributed by atoms with van der Waals surface area (Å²) >= 11 is 1.10. The van der Waals surface area contributed by atoms with Crippen LogP contribution in [0.1, 0.15) is 5.56 Å². The maximum atomic E-state index is 10.5. The van der Waals surface area contributed by atoms with Gasteiger partial charge in [0.05, 0.1) is 15.3 Å². The molecule has 0 unspecified atom stereocenters. The highest BCUT2D eigenvalue weighted by atomic mass is 32.2. The number of nitrogens with zero attached hydrogens (tertiary/aromatic N) is 1. The van der Waals surface area contributed by atoms with Gasteiger partial charge in [-0.15, -0.1) is 0 Å². The van der Waals surface area contributed by atoms with Crippen LogP contribution < -0.4 is 0 Å². The second-order valence-corrected chi connectivity index (χ2v) is 6.15. The van der Waals surface area contributed by atoms with Crippen LogP contribution in [0, 0.1) is 6.92 Å². The SMILES string of the molecule is Cc1ccc(S(=O)(=O)O)cc1.O=C(O)C1=CC=CN=CS1. The first-order valence-corrected chi connectivity index (χ1v) is 7.95. The Bertz CT molecular complexity index is 688. The Morgan fingerprint density at radius 2 is 1.86 bits per heavy atom. The zero-order valence-corrected chi connectivity index (χ0v) is 12.6. The van der Waals surface area contributed by atoms with Gasteiger partial charge in [0.2, 0.25) is 0 Å². The third kappa shape index (κ3) is 6.39. The molecule has 0 radical (unpaired) electrons. The van der Waals surface area contributed by atoms with Crippen LogP contribution in [-0.2, 0) is 14.9 Å². The summed E-state index contributed by atoms with van der Waals surface area (Å²) in [5, 5.41) is 8.48. The minimum atomic E-state index is -4.02. The topological polar surface area (TPSA) is 104 Å². The van der Waals surface area contributed by atoms with Gasteiger partial charge >= 0.3 is 5.97 Å². The molecule has 6 nitrogen and oxygen atoms in total. The Labute approximate surface area is 126 Å². The number of thioether (sulfide) groups is 1. The van der Waals surface area contributed by atoms with Crippen LogP contribution in [0.4, 0.5) is 0 Å². The number of aryl methyl sites for hydroxylation is 1. The molecule has 1 aliphatic heterocycles. The van der Waals surface area contributed by atoms with Gasteiger partial charge in [-0.05, 0) is 31.2 Å². The fraction of sp³-hybridized carbons (Fsp3) is 0.0769. The van der Waals surface area contributed by atoms with Crippen LogP contribution in [-0.4, -0.2) is 29.6 Å². The number of carbonyl (C=O) groups is 1. The van der Waals surface area contributed by atoms with E-state index in [1.54, 1.807) is 24.4 Å². The van der Waals surface area contributed by atoms with Crippen molar-refractivity contribution in [1.29, 1.82) is 0 Å². The maximum Gasteiger partial charge on any atom is 0.342 e. The fourth-order valence-corrected chi connectivity index (χ4v) is 2.16. The monoisotopic (exact) mass is 327 g/mol. The number of carboxylic acid groups (broad SMARTS) is 1. The van der Waals surface area contributed by atoms with Crippen molar-refractivity contribution in [2.24, 2.45) is 4.99 Å². The third-order valence-electron chi connectivity index (χ3n) is 2.19. The molecule has 2 N–H and O–H groups in total. The first-order valence-electron chi connectivity index (χ1n) is 5.63. The minimum absolute atomic E-state index is 0.0666. The van der Waals surface area contributed by atoms with Crippen molar-refractivity contribution >= 4 is 33.4 Å². The first kappa shape index (κ1) is 17.2. The van der Waals surface area contributed by atoms with E-state index >= 15 is 0 Å². The van der Waals surface area contributed by atoms with Crippen molar-refractivity contribution in [3.63, 3.8) is 0 Å². The lowest BCUT2D eigenvalue weighted by molar-refractivity contribution is -0.131. The molecule has 1 aliphatic rings. The molecule has 1 aromatic rings. The number of hydrogen-bond acceptors (Lipinski definition) is 5. The minimum Gasteiger partial charge on any atom is -0.477 e. The smallest absolute Gasteiger partial charge is 0.342 e. The van der Waals surface area contributed by atoms with Crippen molar-refractivity contribution < 1.29 is 22.9 Å². The largest absolute Gasteiger partial charge is 0.477 e. The number of benzene rings is 1. The van der Waals surface area contributed by atoms with Gasteiger partial charge in [-0.2, -0.15) is 8.42 Å². The molecular weight excluding hydrogens is 314 g/mol. The van der Waals surface area contributed by atoms with E-state index in [-0.39, 0.29) is 9.80 Å². The van der Waals surface area contributed by atoms with Crippen LogP contribution in [0.25, 0.3) is 0 Å². The molecule has 2 rings (SSSR count). The Hall–Kier alpha value is -1.90. The average Bonchev–Trinajstić information content (AvgIpc) is 2.67. The van der Waals surface area contributed by atoms with E-state index in [4.69, 9.17) is 9.66 Å². The summed E-state index contributed by atoms with van der Waals surface area (Å²) in [6.07, 6.45) is 4.66. The van der Waals surface area contributed by atoms with Crippen LogP contribution >= 0.6 is 11.8 Å². The normalized spacial score (nSPS) is 13.7. The lowest BCUT2D eigenvalue weighted by atomic mass is 10.2. The van der Waals surface area contributed by atoms with Crippen molar-refractivity contribution in [3.05, 3.63) is 53.1 Å². The molecule has 0 spiro atoms. The molecule has 0 amide bonds. The molecule has 0 aliphatic carbocycles. The van der Waals surface area contributed by atoms with E-state index in [0.717, 1.165) is 17.3 Å². The fourth-order valence-electron chi connectivity index (χ4n) is 1.17. The van der Waals surface area contributed by atoms with Gasteiger partial charge in [0.1, 0.15) is 0 Å². The predicted molar refractivity (Wildman–Crippen MR) is 81.9 cm³/mol. The number of rotatable bonds is 2. The van der Waals surface area contributed by atoms with E-state index in [0.29, 0.717) is 0 Å². The summed E-state index contributed by atoms with van der Waals surface area (Å²) in [6, 6.07) is 5.99. The van der Waals surface area contributed by atoms with Crippen LogP contribution in [0.5, 0.6) is 0 Å². The second kappa shape index (κ2) is 7.77. The van der Waals surface area contributed by atoms with Gasteiger partial charge < -0.3 is 5.11 Å². The van der Waals surface area contributed by atoms with Crippen LogP contribution in [0.15, 0.2) is 57.4 Å². The molecule has 0 aromatic heterocycles. The van der Waals surface area contributed by atoms with Crippen LogP contribution in [0.3, 0.4) is 0 Å². The summed E-state index contributed by atoms with van der Waals surface area (Å²) in [5.41, 5.74) is 2.45. The summed E-state index contributed by atoms with van der Waals surface area (Å²) in [4.78, 5) is 14.3. The van der Waals surface area contributed by atoms with E-state index in [2.05, 4.69) is 4.99 Å². The van der Waals surface area contributed by atoms with E-state index in [9.17, 15) is 13.2 Å². The zero-order valence-electron chi connectivity index (χ0n) is 11.0. The zero-order chi connectivity index (χ0) is 15.9. The molecule has 0 fully saturated rings. The summed E-state index contributed by atoms with van der Waals surface area (Å²) < 4.78 is 29.6. The Balaban J connectivity index is 0.000000211. The molecular formula is C13H13NO5S2. The molecule has 0 saturated heterocycles. The molecule has 0 bridgehead atoms. The number of carboxylic acids is 1. The molecule has 112 valence electrons. The highest BCUT2D eigenvalue weighted by molar-refractivity contribution is 8.16. The van der Waals surface area contributed by atoms with E-state index < -0.39 is 16.1 Å². The van der Waals surface area contributed by atoms with Gasteiger partial charge in [-0.1, -0.05) is 29.5 Å². The molecule has 21 heavy (non-hydrogen) atoms. The molecule has 1 aromatic carbocycles. The van der Waals surface area contributed by atoms with Gasteiger partial charge in [0.15, 0.2) is 0 Å². The average molecular weight is 327 g/mol.